The quantitative estimate of drug-likeness (QED) is 0.141. The molecule has 0 aliphatic heterocycles. The number of nitrogens with one attached hydrogen (secondary N) is 2. The molecule has 0 fully saturated rings. The third-order valence-corrected chi connectivity index (χ3v) is 8.58. The van der Waals surface area contributed by atoms with E-state index in [1.165, 1.54) is 13.2 Å². The number of phenols is 1. The van der Waals surface area contributed by atoms with Crippen LogP contribution in [-0.4, -0.2) is 32.6 Å². The van der Waals surface area contributed by atoms with Gasteiger partial charge in [-0.2, -0.15) is 10.4 Å². The smallest absolute Gasteiger partial charge is 0.320 e. The minimum atomic E-state index is -0.450. The normalized spacial score (nSPS) is 11.2. The van der Waals surface area contributed by atoms with Gasteiger partial charge in [-0.1, -0.05) is 62.7 Å². The van der Waals surface area contributed by atoms with Crippen LogP contribution in [0.3, 0.4) is 0 Å². The van der Waals surface area contributed by atoms with Gasteiger partial charge in [-0.05, 0) is 60.9 Å². The van der Waals surface area contributed by atoms with Crippen LogP contribution in [0.25, 0.3) is 5.69 Å². The lowest BCUT2D eigenvalue weighted by molar-refractivity contribution is 0.251. The van der Waals surface area contributed by atoms with E-state index in [4.69, 9.17) is 21.1 Å². The fourth-order valence-electron chi connectivity index (χ4n) is 5.34. The topological polar surface area (TPSA) is 143 Å². The lowest BCUT2D eigenvalue weighted by Gasteiger charge is -2.17. The Hall–Kier alpha value is -5.73. The number of methoxy groups -OCH3 is 1. The number of benzene rings is 3. The highest BCUT2D eigenvalue weighted by molar-refractivity contribution is 6.32. The van der Waals surface area contributed by atoms with Crippen LogP contribution >= 0.6 is 11.6 Å². The van der Waals surface area contributed by atoms with Crippen molar-refractivity contribution in [3.05, 3.63) is 127 Å². The van der Waals surface area contributed by atoms with E-state index in [-0.39, 0.29) is 34.9 Å². The number of nitrogens with zero attached hydrogens (tertiary/aromatic N) is 4. The number of ether oxygens (including phenoxy) is 2. The molecule has 0 aliphatic carbocycles. The van der Waals surface area contributed by atoms with Crippen molar-refractivity contribution < 1.29 is 19.4 Å². The Bertz CT molecular complexity index is 2160. The van der Waals surface area contributed by atoms with E-state index >= 15 is 0 Å². The number of aromatic hydroxyl groups is 1. The standard InChI is InChI=1S/C38H39ClN6O5/c1-23-15-33(24(2)36(47)44(23)21-25-11-14-32(49-6)28(16-25)19-40)50-22-27-10-8-7-9-26(27)20-41-37(48)42-35-18-34(38(3,4)5)43-45(35)29-12-13-30(39)31(46)17-29/h7-18,46H,20-22H2,1-6H3,(H2,41,42,48). The van der Waals surface area contributed by atoms with Crippen molar-refractivity contribution in [2.24, 2.45) is 0 Å². The van der Waals surface area contributed by atoms with Crippen LogP contribution in [-0.2, 0) is 25.1 Å². The van der Waals surface area contributed by atoms with Crippen molar-refractivity contribution >= 4 is 23.4 Å². The highest BCUT2D eigenvalue weighted by Crippen LogP contribution is 2.30. The molecule has 0 unspecified atom stereocenters. The Morgan fingerprint density at radius 3 is 2.44 bits per heavy atom. The number of carbonyl (C=O) groups is 1. The van der Waals surface area contributed by atoms with Gasteiger partial charge in [0.1, 0.15) is 35.7 Å². The SMILES string of the molecule is COc1ccc(Cn2c(C)cc(OCc3ccccc3CNC(=O)Nc3cc(C(C)(C)C)nn3-c3ccc(Cl)c(O)c3)c(C)c2=O)cc1C#N. The van der Waals surface area contributed by atoms with Gasteiger partial charge in [0.2, 0.25) is 0 Å². The number of urea groups is 1. The van der Waals surface area contributed by atoms with E-state index < -0.39 is 6.03 Å². The number of aryl methyl sites for hydroxylation is 1. The Kier molecular flexibility index (Phi) is 10.5. The first-order valence-electron chi connectivity index (χ1n) is 15.9. The molecule has 0 atom stereocenters. The fraction of sp³-hybridized carbons (Fsp3) is 0.263. The molecule has 2 amide bonds. The molecule has 11 nitrogen and oxygen atoms in total. The van der Waals surface area contributed by atoms with Gasteiger partial charge in [-0.25, -0.2) is 9.48 Å². The maximum absolute atomic E-state index is 13.4. The number of phenolic OH excluding ortho intramolecular Hbond substituents is 1. The van der Waals surface area contributed by atoms with Crippen molar-refractivity contribution in [2.45, 2.75) is 59.7 Å². The molecule has 50 heavy (non-hydrogen) atoms. The summed E-state index contributed by atoms with van der Waals surface area (Å²) in [6.07, 6.45) is 0. The molecule has 5 aromatic rings. The summed E-state index contributed by atoms with van der Waals surface area (Å²) in [6, 6.07) is 22.9. The number of rotatable bonds is 10. The first kappa shape index (κ1) is 35.6. The number of hydrogen-bond acceptors (Lipinski definition) is 7. The summed E-state index contributed by atoms with van der Waals surface area (Å²) in [5.41, 5.74) is 4.84. The molecule has 0 aliphatic rings. The van der Waals surface area contributed by atoms with Crippen molar-refractivity contribution in [2.75, 3.05) is 12.4 Å². The molecule has 0 bridgehead atoms. The second-order valence-corrected chi connectivity index (χ2v) is 13.3. The molecular formula is C38H39ClN6O5. The van der Waals surface area contributed by atoms with E-state index in [1.54, 1.807) is 46.5 Å². The van der Waals surface area contributed by atoms with Crippen LogP contribution in [0.4, 0.5) is 10.6 Å². The van der Waals surface area contributed by atoms with E-state index in [2.05, 4.69) is 21.8 Å². The van der Waals surface area contributed by atoms with E-state index in [0.29, 0.717) is 46.4 Å². The number of carbonyl (C=O) groups excluding carboxylic acids is 1. The Morgan fingerprint density at radius 2 is 1.76 bits per heavy atom. The molecule has 2 heterocycles. The molecule has 5 rings (SSSR count). The number of hydrogen-bond donors (Lipinski definition) is 3. The van der Waals surface area contributed by atoms with Crippen LogP contribution in [0.1, 0.15) is 60.0 Å². The number of amides is 2. The van der Waals surface area contributed by atoms with E-state index in [1.807, 2.05) is 64.1 Å². The third-order valence-electron chi connectivity index (χ3n) is 8.26. The maximum atomic E-state index is 13.4. The summed E-state index contributed by atoms with van der Waals surface area (Å²) in [7, 11) is 1.51. The molecule has 0 saturated heterocycles. The summed E-state index contributed by atoms with van der Waals surface area (Å²) in [5.74, 6) is 1.27. The molecule has 0 radical (unpaired) electrons. The number of halogens is 1. The fourth-order valence-corrected chi connectivity index (χ4v) is 5.46. The second kappa shape index (κ2) is 14.8. The highest BCUT2D eigenvalue weighted by atomic mass is 35.5. The van der Waals surface area contributed by atoms with Crippen LogP contribution in [0, 0.1) is 25.2 Å². The molecule has 0 saturated carbocycles. The van der Waals surface area contributed by atoms with Gasteiger partial charge in [0.25, 0.3) is 5.56 Å². The Labute approximate surface area is 295 Å². The van der Waals surface area contributed by atoms with Gasteiger partial charge in [-0.3, -0.25) is 10.1 Å². The van der Waals surface area contributed by atoms with Gasteiger partial charge in [-0.15, -0.1) is 0 Å². The van der Waals surface area contributed by atoms with E-state index in [9.17, 15) is 20.0 Å². The number of pyridine rings is 1. The van der Waals surface area contributed by atoms with Crippen LogP contribution in [0.2, 0.25) is 5.02 Å². The third kappa shape index (κ3) is 7.93. The molecule has 3 aromatic carbocycles. The van der Waals surface area contributed by atoms with E-state index in [0.717, 1.165) is 22.4 Å². The Balaban J connectivity index is 1.28. The minimum absolute atomic E-state index is 0.0959. The van der Waals surface area contributed by atoms with Gasteiger partial charge in [0, 0.05) is 29.8 Å². The second-order valence-electron chi connectivity index (χ2n) is 12.9. The zero-order valence-electron chi connectivity index (χ0n) is 28.8. The molecule has 258 valence electrons. The van der Waals surface area contributed by atoms with Crippen LogP contribution in [0.15, 0.2) is 77.6 Å². The van der Waals surface area contributed by atoms with Crippen molar-refractivity contribution in [1.29, 1.82) is 5.26 Å². The summed E-state index contributed by atoms with van der Waals surface area (Å²) in [4.78, 5) is 26.6. The van der Waals surface area contributed by atoms with Gasteiger partial charge in [0.05, 0.1) is 41.2 Å². The number of aromatic nitrogens is 3. The highest BCUT2D eigenvalue weighted by Gasteiger charge is 2.22. The largest absolute Gasteiger partial charge is 0.506 e. The minimum Gasteiger partial charge on any atom is -0.506 e. The first-order chi connectivity index (χ1) is 23.8. The van der Waals surface area contributed by atoms with Crippen LogP contribution < -0.4 is 25.7 Å². The summed E-state index contributed by atoms with van der Waals surface area (Å²) in [5, 5.41) is 30.3. The lowest BCUT2D eigenvalue weighted by atomic mass is 9.92. The Morgan fingerprint density at radius 1 is 1.02 bits per heavy atom. The average Bonchev–Trinajstić information content (AvgIpc) is 3.52. The van der Waals surface area contributed by atoms with Gasteiger partial charge >= 0.3 is 6.03 Å². The predicted octanol–water partition coefficient (Wildman–Crippen LogP) is 7.14. The lowest BCUT2D eigenvalue weighted by Crippen LogP contribution is -2.29. The zero-order valence-corrected chi connectivity index (χ0v) is 29.6. The summed E-state index contributed by atoms with van der Waals surface area (Å²) < 4.78 is 14.6. The van der Waals surface area contributed by atoms with Crippen molar-refractivity contribution in [1.82, 2.24) is 19.7 Å². The molecule has 0 spiro atoms. The number of nitriles is 1. The molecular weight excluding hydrogens is 656 g/mol. The molecule has 12 heteroatoms. The van der Waals surface area contributed by atoms with Gasteiger partial charge < -0.3 is 24.5 Å². The van der Waals surface area contributed by atoms with Crippen molar-refractivity contribution in [3.63, 3.8) is 0 Å². The zero-order chi connectivity index (χ0) is 36.2. The van der Waals surface area contributed by atoms with Gasteiger partial charge in [0.15, 0.2) is 0 Å². The first-order valence-corrected chi connectivity index (χ1v) is 16.3. The van der Waals surface area contributed by atoms with Crippen LogP contribution in [0.5, 0.6) is 17.2 Å². The molecule has 2 aromatic heterocycles. The maximum Gasteiger partial charge on any atom is 0.320 e. The van der Waals surface area contributed by atoms with Crippen molar-refractivity contribution in [3.8, 4) is 29.0 Å². The summed E-state index contributed by atoms with van der Waals surface area (Å²) in [6.45, 7) is 10.3. The molecule has 3 N–H and O–H groups in total. The average molecular weight is 695 g/mol. The summed E-state index contributed by atoms with van der Waals surface area (Å²) >= 11 is 6.02. The predicted molar refractivity (Wildman–Crippen MR) is 193 cm³/mol. The monoisotopic (exact) mass is 694 g/mol. The number of anilines is 1.